The molecule has 2 atom stereocenters. The Morgan fingerprint density at radius 2 is 1.83 bits per heavy atom. The fraction of sp³-hybridized carbons (Fsp3) is 0.652. The van der Waals surface area contributed by atoms with Crippen LogP contribution in [0.25, 0.3) is 0 Å². The molecule has 3 fully saturated rings. The molecule has 166 valence electrons. The fourth-order valence-corrected chi connectivity index (χ4v) is 5.43. The van der Waals surface area contributed by atoms with Crippen LogP contribution in [-0.4, -0.2) is 32.0 Å². The lowest BCUT2D eigenvalue weighted by Gasteiger charge is -2.37. The van der Waals surface area contributed by atoms with Gasteiger partial charge in [-0.2, -0.15) is 0 Å². The van der Waals surface area contributed by atoms with Crippen molar-refractivity contribution in [2.45, 2.75) is 57.8 Å². The molecule has 0 unspecified atom stereocenters. The number of amides is 2. The Bertz CT molecular complexity index is 766. The van der Waals surface area contributed by atoms with Crippen molar-refractivity contribution in [1.82, 2.24) is 5.32 Å². The summed E-state index contributed by atoms with van der Waals surface area (Å²) in [5.74, 6) is 1.25. The van der Waals surface area contributed by atoms with Gasteiger partial charge in [0.2, 0.25) is 11.8 Å². The van der Waals surface area contributed by atoms with E-state index in [1.165, 1.54) is 12.8 Å². The summed E-state index contributed by atoms with van der Waals surface area (Å²) >= 11 is 0. The van der Waals surface area contributed by atoms with Crippen LogP contribution in [-0.2, 0) is 9.59 Å². The van der Waals surface area contributed by atoms with E-state index in [1.807, 2.05) is 18.2 Å². The van der Waals surface area contributed by atoms with E-state index in [0.717, 1.165) is 58.0 Å². The Morgan fingerprint density at radius 3 is 2.60 bits per heavy atom. The molecular formula is C23H34ClN3O3. The third kappa shape index (κ3) is 4.59. The Morgan fingerprint density at radius 1 is 1.07 bits per heavy atom. The van der Waals surface area contributed by atoms with Crippen LogP contribution in [0.3, 0.4) is 0 Å². The first kappa shape index (κ1) is 22.9. The minimum Gasteiger partial charge on any atom is -0.495 e. The smallest absolute Gasteiger partial charge is 0.232 e. The van der Waals surface area contributed by atoms with Crippen LogP contribution in [0.2, 0.25) is 0 Å². The van der Waals surface area contributed by atoms with Crippen LogP contribution in [0.15, 0.2) is 18.2 Å². The maximum Gasteiger partial charge on any atom is 0.232 e. The molecule has 1 aromatic carbocycles. The minimum atomic E-state index is -0.302. The van der Waals surface area contributed by atoms with E-state index >= 15 is 0 Å². The largest absolute Gasteiger partial charge is 0.495 e. The van der Waals surface area contributed by atoms with Crippen molar-refractivity contribution in [2.24, 2.45) is 17.3 Å². The highest BCUT2D eigenvalue weighted by Gasteiger charge is 2.49. The monoisotopic (exact) mass is 435 g/mol. The van der Waals surface area contributed by atoms with Crippen LogP contribution >= 0.6 is 12.4 Å². The second-order valence-electron chi connectivity index (χ2n) is 8.92. The van der Waals surface area contributed by atoms with Crippen LogP contribution < -0.4 is 20.7 Å². The molecule has 7 heteroatoms. The number of fused-ring (bicyclic) bond motifs is 1. The lowest BCUT2D eigenvalue weighted by molar-refractivity contribution is -0.128. The van der Waals surface area contributed by atoms with Gasteiger partial charge in [-0.25, -0.2) is 0 Å². The first-order valence-corrected chi connectivity index (χ1v) is 11.1. The molecule has 1 aromatic rings. The van der Waals surface area contributed by atoms with Crippen molar-refractivity contribution in [3.05, 3.63) is 18.2 Å². The van der Waals surface area contributed by atoms with Crippen molar-refractivity contribution in [3.8, 4) is 5.75 Å². The Balaban J connectivity index is 0.00000256. The van der Waals surface area contributed by atoms with Crippen molar-refractivity contribution in [2.75, 3.05) is 30.8 Å². The normalized spacial score (nSPS) is 26.2. The third-order valence-corrected chi connectivity index (χ3v) is 7.18. The van der Waals surface area contributed by atoms with E-state index in [-0.39, 0.29) is 35.6 Å². The molecule has 2 aliphatic carbocycles. The number of nitrogens with one attached hydrogen (secondary N) is 3. The number of carbonyl (C=O) groups excluding carboxylic acids is 2. The maximum atomic E-state index is 13.2. The second kappa shape index (κ2) is 10.0. The van der Waals surface area contributed by atoms with Crippen LogP contribution in [0, 0.1) is 17.3 Å². The van der Waals surface area contributed by atoms with E-state index in [4.69, 9.17) is 4.74 Å². The third-order valence-electron chi connectivity index (χ3n) is 7.18. The number of carbonyl (C=O) groups is 2. The van der Waals surface area contributed by atoms with Gasteiger partial charge in [-0.3, -0.25) is 9.59 Å². The zero-order valence-corrected chi connectivity index (χ0v) is 18.6. The number of methoxy groups -OCH3 is 1. The molecular weight excluding hydrogens is 402 g/mol. The predicted octanol–water partition coefficient (Wildman–Crippen LogP) is 4.35. The Hall–Kier alpha value is -1.79. The average Bonchev–Trinajstić information content (AvgIpc) is 3.20. The van der Waals surface area contributed by atoms with Gasteiger partial charge in [0.05, 0.1) is 18.2 Å². The van der Waals surface area contributed by atoms with Gasteiger partial charge in [0.25, 0.3) is 0 Å². The summed E-state index contributed by atoms with van der Waals surface area (Å²) in [6, 6.07) is 5.49. The Labute approximate surface area is 185 Å². The van der Waals surface area contributed by atoms with Gasteiger partial charge in [0.1, 0.15) is 5.75 Å². The van der Waals surface area contributed by atoms with Crippen molar-refractivity contribution >= 4 is 35.6 Å². The summed E-state index contributed by atoms with van der Waals surface area (Å²) in [7, 11) is 1.60. The highest BCUT2D eigenvalue weighted by molar-refractivity contribution is 5.98. The molecule has 0 radical (unpaired) electrons. The van der Waals surface area contributed by atoms with Crippen molar-refractivity contribution in [3.63, 3.8) is 0 Å². The maximum absolute atomic E-state index is 13.2. The predicted molar refractivity (Wildman–Crippen MR) is 121 cm³/mol. The van der Waals surface area contributed by atoms with Crippen molar-refractivity contribution in [1.29, 1.82) is 0 Å². The van der Waals surface area contributed by atoms with Crippen LogP contribution in [0.5, 0.6) is 5.75 Å². The summed E-state index contributed by atoms with van der Waals surface area (Å²) in [4.78, 5) is 25.9. The molecule has 30 heavy (non-hydrogen) atoms. The van der Waals surface area contributed by atoms with E-state index in [0.29, 0.717) is 23.0 Å². The summed E-state index contributed by atoms with van der Waals surface area (Å²) in [5.41, 5.74) is 1.03. The van der Waals surface area contributed by atoms with Gasteiger partial charge in [-0.1, -0.05) is 32.1 Å². The molecule has 3 N–H and O–H groups in total. The van der Waals surface area contributed by atoms with Crippen LogP contribution in [0.1, 0.15) is 57.8 Å². The molecule has 2 amide bonds. The topological polar surface area (TPSA) is 79.5 Å². The first-order chi connectivity index (χ1) is 14.1. The quantitative estimate of drug-likeness (QED) is 0.642. The van der Waals surface area contributed by atoms with E-state index in [1.54, 1.807) is 7.11 Å². The number of benzene rings is 1. The molecule has 2 saturated carbocycles. The number of halogens is 1. The van der Waals surface area contributed by atoms with Crippen molar-refractivity contribution < 1.29 is 14.3 Å². The average molecular weight is 436 g/mol. The fourth-order valence-electron chi connectivity index (χ4n) is 5.43. The molecule has 1 heterocycles. The molecule has 0 aromatic heterocycles. The molecule has 4 rings (SSSR count). The number of ether oxygens (including phenoxy) is 1. The van der Waals surface area contributed by atoms with Gasteiger partial charge < -0.3 is 20.7 Å². The van der Waals surface area contributed by atoms with Gasteiger partial charge in [-0.05, 0) is 56.3 Å². The van der Waals surface area contributed by atoms with E-state index < -0.39 is 0 Å². The molecule has 6 nitrogen and oxygen atoms in total. The molecule has 1 aliphatic heterocycles. The van der Waals surface area contributed by atoms with E-state index in [2.05, 4.69) is 16.0 Å². The highest BCUT2D eigenvalue weighted by Crippen LogP contribution is 2.44. The minimum absolute atomic E-state index is 0. The standard InChI is InChI=1S/C23H33N3O3.ClH/c1-29-20-11-10-18(13-19(20)26-21(27)16-7-3-2-4-8-16)25-22(28)23-12-6-5-9-17(23)14-24-15-23;/h10-11,13,16-17,24H,2-9,12,14-15H2,1H3,(H,25,28)(H,26,27);1H/t17-,23+;/m0./s1. The second-order valence-corrected chi connectivity index (χ2v) is 8.92. The van der Waals surface area contributed by atoms with E-state index in [9.17, 15) is 9.59 Å². The number of rotatable bonds is 5. The lowest BCUT2D eigenvalue weighted by Crippen LogP contribution is -2.44. The summed E-state index contributed by atoms with van der Waals surface area (Å²) in [6.07, 6.45) is 9.71. The zero-order valence-electron chi connectivity index (χ0n) is 17.8. The SMILES string of the molecule is COc1ccc(NC(=O)[C@@]23CCCC[C@H]2CNC3)cc1NC(=O)C1CCCCC1.Cl. The Kier molecular flexibility index (Phi) is 7.64. The summed E-state index contributed by atoms with van der Waals surface area (Å²) in [5, 5.41) is 9.60. The molecule has 1 saturated heterocycles. The van der Waals surface area contributed by atoms with Gasteiger partial charge in [0.15, 0.2) is 0 Å². The molecule has 0 spiro atoms. The van der Waals surface area contributed by atoms with Crippen LogP contribution in [0.4, 0.5) is 11.4 Å². The first-order valence-electron chi connectivity index (χ1n) is 11.1. The molecule has 0 bridgehead atoms. The van der Waals surface area contributed by atoms with Gasteiger partial charge in [0, 0.05) is 18.2 Å². The van der Waals surface area contributed by atoms with Gasteiger partial charge >= 0.3 is 0 Å². The molecule has 3 aliphatic rings. The lowest BCUT2D eigenvalue weighted by atomic mass is 9.67. The number of hydrogen-bond acceptors (Lipinski definition) is 4. The number of hydrogen-bond donors (Lipinski definition) is 3. The zero-order chi connectivity index (χ0) is 20.3. The summed E-state index contributed by atoms with van der Waals surface area (Å²) in [6.45, 7) is 1.68. The van der Waals surface area contributed by atoms with Gasteiger partial charge in [-0.15, -0.1) is 12.4 Å². The number of anilines is 2. The highest BCUT2D eigenvalue weighted by atomic mass is 35.5. The summed E-state index contributed by atoms with van der Waals surface area (Å²) < 4.78 is 5.44.